The number of nitrogens with one attached hydrogen (secondary N) is 1. The van der Waals surface area contributed by atoms with Crippen LogP contribution >= 0.6 is 0 Å². The van der Waals surface area contributed by atoms with E-state index in [4.69, 9.17) is 24.7 Å². The van der Waals surface area contributed by atoms with Gasteiger partial charge in [0.15, 0.2) is 11.5 Å². The van der Waals surface area contributed by atoms with Gasteiger partial charge in [-0.25, -0.2) is 0 Å². The number of para-hydroxylation sites is 2. The van der Waals surface area contributed by atoms with Crippen LogP contribution in [0.25, 0.3) is 0 Å². The van der Waals surface area contributed by atoms with Gasteiger partial charge >= 0.3 is 0 Å². The molecule has 24 heavy (non-hydrogen) atoms. The second-order valence-electron chi connectivity index (χ2n) is 7.27. The van der Waals surface area contributed by atoms with Crippen molar-refractivity contribution in [1.82, 2.24) is 5.32 Å². The van der Waals surface area contributed by atoms with Crippen molar-refractivity contribution in [2.75, 3.05) is 26.4 Å². The first-order valence-corrected chi connectivity index (χ1v) is 8.28. The van der Waals surface area contributed by atoms with Crippen LogP contribution in [0.3, 0.4) is 0 Å². The lowest BCUT2D eigenvalue weighted by Crippen LogP contribution is -2.73. The van der Waals surface area contributed by atoms with E-state index in [2.05, 4.69) is 5.32 Å². The lowest BCUT2D eigenvalue weighted by molar-refractivity contribution is -0.207. The zero-order chi connectivity index (χ0) is 16.4. The molecule has 5 aliphatic rings. The highest BCUT2D eigenvalue weighted by Crippen LogP contribution is 2.62. The summed E-state index contributed by atoms with van der Waals surface area (Å²) in [6.45, 7) is 1.66. The van der Waals surface area contributed by atoms with Crippen molar-refractivity contribution >= 4 is 5.91 Å². The normalized spacial score (nSPS) is 37.5. The van der Waals surface area contributed by atoms with E-state index >= 15 is 0 Å². The van der Waals surface area contributed by atoms with Gasteiger partial charge in [-0.1, -0.05) is 12.1 Å². The van der Waals surface area contributed by atoms with Crippen molar-refractivity contribution in [3.63, 3.8) is 0 Å². The Morgan fingerprint density at radius 2 is 2.00 bits per heavy atom. The van der Waals surface area contributed by atoms with Crippen LogP contribution < -0.4 is 20.5 Å². The molecule has 1 amide bonds. The van der Waals surface area contributed by atoms with Crippen molar-refractivity contribution in [2.24, 2.45) is 5.73 Å². The SMILES string of the molecule is NCC12CC(NC(=O)C3COc4ccccc4O3)(C1)C1(COC1)O2. The number of carbonyl (C=O) groups excluding carboxylic acids is 1. The number of benzene rings is 1. The quantitative estimate of drug-likeness (QED) is 0.808. The van der Waals surface area contributed by atoms with Gasteiger partial charge in [0.05, 0.1) is 24.4 Å². The molecule has 1 unspecified atom stereocenters. The van der Waals surface area contributed by atoms with E-state index in [1.165, 1.54) is 0 Å². The maximum absolute atomic E-state index is 12.8. The summed E-state index contributed by atoms with van der Waals surface area (Å²) in [5.41, 5.74) is 4.72. The third-order valence-electron chi connectivity index (χ3n) is 5.74. The van der Waals surface area contributed by atoms with Gasteiger partial charge in [-0.2, -0.15) is 0 Å². The van der Waals surface area contributed by atoms with E-state index < -0.39 is 17.2 Å². The van der Waals surface area contributed by atoms with E-state index in [1.807, 2.05) is 18.2 Å². The lowest BCUT2D eigenvalue weighted by atomic mass is 9.61. The highest BCUT2D eigenvalue weighted by molar-refractivity contribution is 5.83. The van der Waals surface area contributed by atoms with Gasteiger partial charge in [-0.15, -0.1) is 0 Å². The Balaban J connectivity index is 1.33. The number of hydrogen-bond donors (Lipinski definition) is 2. The van der Waals surface area contributed by atoms with E-state index in [1.54, 1.807) is 6.07 Å². The molecule has 4 aliphatic heterocycles. The average molecular weight is 332 g/mol. The van der Waals surface area contributed by atoms with Gasteiger partial charge in [0.2, 0.25) is 6.10 Å². The third-order valence-corrected chi connectivity index (χ3v) is 5.74. The van der Waals surface area contributed by atoms with Gasteiger partial charge < -0.3 is 30.0 Å². The number of ether oxygens (including phenoxy) is 4. The van der Waals surface area contributed by atoms with Crippen LogP contribution in [-0.2, 0) is 14.3 Å². The van der Waals surface area contributed by atoms with Gasteiger partial charge in [0, 0.05) is 19.4 Å². The second kappa shape index (κ2) is 4.62. The number of nitrogens with two attached hydrogens (primary N) is 1. The van der Waals surface area contributed by atoms with E-state index in [0.29, 0.717) is 31.3 Å². The Kier molecular flexibility index (Phi) is 2.79. The fraction of sp³-hybridized carbons (Fsp3) is 0.588. The van der Waals surface area contributed by atoms with Crippen LogP contribution in [0.1, 0.15) is 12.8 Å². The molecule has 128 valence electrons. The summed E-state index contributed by atoms with van der Waals surface area (Å²) < 4.78 is 23.0. The van der Waals surface area contributed by atoms with Crippen molar-refractivity contribution in [1.29, 1.82) is 0 Å². The molecule has 1 atom stereocenters. The fourth-order valence-corrected chi connectivity index (χ4v) is 4.43. The van der Waals surface area contributed by atoms with Crippen molar-refractivity contribution < 1.29 is 23.7 Å². The molecule has 7 nitrogen and oxygen atoms in total. The number of amides is 1. The zero-order valence-electron chi connectivity index (χ0n) is 13.2. The van der Waals surface area contributed by atoms with Crippen LogP contribution in [0.4, 0.5) is 0 Å². The van der Waals surface area contributed by atoms with Crippen molar-refractivity contribution in [3.8, 4) is 11.5 Å². The second-order valence-corrected chi connectivity index (χ2v) is 7.27. The topological polar surface area (TPSA) is 92.0 Å². The minimum absolute atomic E-state index is 0.174. The van der Waals surface area contributed by atoms with E-state index in [-0.39, 0.29) is 18.1 Å². The van der Waals surface area contributed by atoms with Crippen LogP contribution in [0.2, 0.25) is 0 Å². The molecule has 1 spiro atoms. The van der Waals surface area contributed by atoms with Crippen molar-refractivity contribution in [2.45, 2.75) is 35.7 Å². The summed E-state index contributed by atoms with van der Waals surface area (Å²) in [5.74, 6) is 1.08. The number of rotatable bonds is 3. The number of carbonyl (C=O) groups is 1. The van der Waals surface area contributed by atoms with Gasteiger partial charge in [-0.3, -0.25) is 4.79 Å². The Morgan fingerprint density at radius 1 is 1.25 bits per heavy atom. The monoisotopic (exact) mass is 332 g/mol. The van der Waals surface area contributed by atoms with Crippen LogP contribution in [-0.4, -0.2) is 55.1 Å². The molecular formula is C17H20N2O5. The predicted octanol–water partition coefficient (Wildman–Crippen LogP) is -0.0281. The summed E-state index contributed by atoms with van der Waals surface area (Å²) in [6, 6.07) is 7.36. The largest absolute Gasteiger partial charge is 0.485 e. The molecule has 1 aromatic rings. The maximum atomic E-state index is 12.8. The molecule has 2 bridgehead atoms. The molecular weight excluding hydrogens is 312 g/mol. The lowest BCUT2D eigenvalue weighted by Gasteiger charge is -2.51. The number of hydrogen-bond acceptors (Lipinski definition) is 6. The minimum Gasteiger partial charge on any atom is -0.485 e. The maximum Gasteiger partial charge on any atom is 0.265 e. The smallest absolute Gasteiger partial charge is 0.265 e. The van der Waals surface area contributed by atoms with Crippen molar-refractivity contribution in [3.05, 3.63) is 24.3 Å². The standard InChI is InChI=1S/C17H20N2O5/c18-8-15-6-16(7-15,17(24-15)9-21-10-17)19-14(20)13-5-22-11-3-1-2-4-12(11)23-13/h1-4,13H,5-10,18H2,(H,19,20). The Morgan fingerprint density at radius 3 is 2.67 bits per heavy atom. The molecule has 0 radical (unpaired) electrons. The third kappa shape index (κ3) is 1.75. The first kappa shape index (κ1) is 14.5. The molecule has 7 heteroatoms. The van der Waals surface area contributed by atoms with Gasteiger partial charge in [0.1, 0.15) is 12.2 Å². The molecule has 0 aromatic heterocycles. The van der Waals surface area contributed by atoms with E-state index in [9.17, 15) is 4.79 Å². The van der Waals surface area contributed by atoms with Crippen LogP contribution in [0.5, 0.6) is 11.5 Å². The Labute approximate surface area is 139 Å². The fourth-order valence-electron chi connectivity index (χ4n) is 4.43. The molecule has 1 saturated carbocycles. The molecule has 3 N–H and O–H groups in total. The summed E-state index contributed by atoms with van der Waals surface area (Å²) >= 11 is 0. The summed E-state index contributed by atoms with van der Waals surface area (Å²) in [5, 5.41) is 3.17. The molecule has 6 rings (SSSR count). The summed E-state index contributed by atoms with van der Waals surface area (Å²) in [4.78, 5) is 12.8. The van der Waals surface area contributed by atoms with Gasteiger partial charge in [0.25, 0.3) is 5.91 Å². The zero-order valence-corrected chi connectivity index (χ0v) is 13.2. The van der Waals surface area contributed by atoms with E-state index in [0.717, 1.165) is 12.8 Å². The molecule has 1 aromatic carbocycles. The number of fused-ring (bicyclic) bond motifs is 1. The summed E-state index contributed by atoms with van der Waals surface area (Å²) in [7, 11) is 0. The summed E-state index contributed by atoms with van der Waals surface area (Å²) in [6.07, 6.45) is 0.798. The molecule has 1 aliphatic carbocycles. The minimum atomic E-state index is -0.666. The van der Waals surface area contributed by atoms with Crippen LogP contribution in [0, 0.1) is 0 Å². The highest BCUT2D eigenvalue weighted by Gasteiger charge is 2.77. The average Bonchev–Trinajstić information content (AvgIpc) is 3.00. The highest BCUT2D eigenvalue weighted by atomic mass is 16.6. The molecule has 4 fully saturated rings. The first-order valence-electron chi connectivity index (χ1n) is 8.28. The molecule has 4 heterocycles. The molecule has 3 saturated heterocycles. The Hall–Kier alpha value is -1.83. The van der Waals surface area contributed by atoms with Crippen LogP contribution in [0.15, 0.2) is 24.3 Å². The Bertz CT molecular complexity index is 696. The van der Waals surface area contributed by atoms with Gasteiger partial charge in [-0.05, 0) is 12.1 Å². The predicted molar refractivity (Wildman–Crippen MR) is 82.9 cm³/mol. The first-order chi connectivity index (χ1) is 11.6.